The highest BCUT2D eigenvalue weighted by Crippen LogP contribution is 2.22. The molecule has 0 bridgehead atoms. The zero-order valence-corrected chi connectivity index (χ0v) is 9.08. The van der Waals surface area contributed by atoms with E-state index in [4.69, 9.17) is 12.2 Å². The summed E-state index contributed by atoms with van der Waals surface area (Å²) in [5.74, 6) is 1.57. The van der Waals surface area contributed by atoms with Crippen LogP contribution in [0.25, 0.3) is 0 Å². The normalized spacial score (nSPS) is 11.0. The molecule has 0 aliphatic carbocycles. The summed E-state index contributed by atoms with van der Waals surface area (Å²) < 4.78 is 0.562. The van der Waals surface area contributed by atoms with E-state index in [2.05, 4.69) is 29.0 Å². The SMILES string of the molecule is CCCC(CCC)c1nc(=S)[nH][nH]1. The zero-order valence-electron chi connectivity index (χ0n) is 8.26. The number of nitrogens with one attached hydrogen (secondary N) is 2. The molecule has 1 aromatic heterocycles. The maximum atomic E-state index is 4.92. The number of hydrogen-bond donors (Lipinski definition) is 2. The Bertz CT molecular complexity index is 283. The van der Waals surface area contributed by atoms with Crippen molar-refractivity contribution in [2.75, 3.05) is 0 Å². The highest BCUT2D eigenvalue weighted by Gasteiger charge is 2.12. The summed E-state index contributed by atoms with van der Waals surface area (Å²) in [7, 11) is 0. The van der Waals surface area contributed by atoms with E-state index in [0.29, 0.717) is 10.7 Å². The van der Waals surface area contributed by atoms with Crippen LogP contribution in [0.3, 0.4) is 0 Å². The molecule has 1 aromatic rings. The molecule has 0 spiro atoms. The quantitative estimate of drug-likeness (QED) is 0.715. The number of aromatic amines is 2. The number of nitrogens with zero attached hydrogens (tertiary/aromatic N) is 1. The van der Waals surface area contributed by atoms with Crippen molar-refractivity contribution in [2.45, 2.75) is 45.4 Å². The molecule has 1 rings (SSSR count). The van der Waals surface area contributed by atoms with Gasteiger partial charge in [-0.05, 0) is 25.1 Å². The summed E-state index contributed by atoms with van der Waals surface area (Å²) in [6.45, 7) is 4.40. The lowest BCUT2D eigenvalue weighted by atomic mass is 9.98. The first-order valence-electron chi connectivity index (χ1n) is 4.92. The summed E-state index contributed by atoms with van der Waals surface area (Å²) in [5.41, 5.74) is 0. The first-order valence-corrected chi connectivity index (χ1v) is 5.33. The van der Waals surface area contributed by atoms with Gasteiger partial charge >= 0.3 is 0 Å². The van der Waals surface area contributed by atoms with Gasteiger partial charge in [0.15, 0.2) is 0 Å². The monoisotopic (exact) mass is 199 g/mol. The van der Waals surface area contributed by atoms with Gasteiger partial charge in [-0.2, -0.15) is 0 Å². The molecule has 3 nitrogen and oxygen atoms in total. The van der Waals surface area contributed by atoms with Gasteiger partial charge in [0, 0.05) is 5.92 Å². The Hall–Kier alpha value is -0.640. The van der Waals surface area contributed by atoms with Gasteiger partial charge in [-0.1, -0.05) is 26.7 Å². The lowest BCUT2D eigenvalue weighted by Gasteiger charge is -2.10. The summed E-state index contributed by atoms with van der Waals surface area (Å²) in [4.78, 5) is 4.25. The minimum absolute atomic E-state index is 0.544. The van der Waals surface area contributed by atoms with Gasteiger partial charge in [0.2, 0.25) is 4.77 Å². The Kier molecular flexibility index (Phi) is 4.15. The van der Waals surface area contributed by atoms with Crippen LogP contribution in [0.4, 0.5) is 0 Å². The Morgan fingerprint density at radius 1 is 1.23 bits per heavy atom. The zero-order chi connectivity index (χ0) is 9.68. The predicted octanol–water partition coefficient (Wildman–Crippen LogP) is 3.15. The van der Waals surface area contributed by atoms with E-state index >= 15 is 0 Å². The van der Waals surface area contributed by atoms with E-state index in [1.54, 1.807) is 0 Å². The van der Waals surface area contributed by atoms with Crippen molar-refractivity contribution < 1.29 is 0 Å². The molecule has 1 heterocycles. The number of hydrogen-bond acceptors (Lipinski definition) is 2. The lowest BCUT2D eigenvalue weighted by Crippen LogP contribution is -2.00. The first-order chi connectivity index (χ1) is 6.27. The van der Waals surface area contributed by atoms with E-state index in [-0.39, 0.29) is 0 Å². The molecule has 0 aromatic carbocycles. The number of H-pyrrole nitrogens is 2. The molecule has 2 N–H and O–H groups in total. The van der Waals surface area contributed by atoms with E-state index in [1.807, 2.05) is 0 Å². The van der Waals surface area contributed by atoms with Crippen molar-refractivity contribution in [1.29, 1.82) is 0 Å². The highest BCUT2D eigenvalue weighted by molar-refractivity contribution is 7.71. The van der Waals surface area contributed by atoms with E-state index in [9.17, 15) is 0 Å². The maximum Gasteiger partial charge on any atom is 0.213 e. The van der Waals surface area contributed by atoms with Gasteiger partial charge in [-0.3, -0.25) is 10.2 Å². The fraction of sp³-hybridized carbons (Fsp3) is 0.778. The smallest absolute Gasteiger partial charge is 0.213 e. The van der Waals surface area contributed by atoms with Gasteiger partial charge in [0.1, 0.15) is 5.82 Å². The third kappa shape index (κ3) is 2.95. The second-order valence-corrected chi connectivity index (χ2v) is 3.71. The van der Waals surface area contributed by atoms with Crippen LogP contribution in [0.2, 0.25) is 0 Å². The topological polar surface area (TPSA) is 44.5 Å². The third-order valence-corrected chi connectivity index (χ3v) is 2.37. The average Bonchev–Trinajstić information content (AvgIpc) is 2.51. The van der Waals surface area contributed by atoms with Crippen LogP contribution in [0, 0.1) is 4.77 Å². The van der Waals surface area contributed by atoms with E-state index in [0.717, 1.165) is 5.82 Å². The molecule has 0 atom stereocenters. The Morgan fingerprint density at radius 3 is 2.23 bits per heavy atom. The number of aromatic nitrogens is 3. The molecular weight excluding hydrogens is 182 g/mol. The van der Waals surface area contributed by atoms with Crippen LogP contribution in [0.1, 0.15) is 51.3 Å². The van der Waals surface area contributed by atoms with Crippen LogP contribution < -0.4 is 0 Å². The van der Waals surface area contributed by atoms with E-state index in [1.165, 1.54) is 25.7 Å². The molecule has 0 aliphatic rings. The second-order valence-electron chi connectivity index (χ2n) is 3.33. The summed E-state index contributed by atoms with van der Waals surface area (Å²) in [6.07, 6.45) is 4.75. The molecule has 0 saturated carbocycles. The van der Waals surface area contributed by atoms with Crippen LogP contribution >= 0.6 is 12.2 Å². The molecule has 0 unspecified atom stereocenters. The van der Waals surface area contributed by atoms with Crippen molar-refractivity contribution in [3.63, 3.8) is 0 Å². The third-order valence-electron chi connectivity index (χ3n) is 2.18. The van der Waals surface area contributed by atoms with Gasteiger partial charge in [0.05, 0.1) is 0 Å². The molecule has 0 radical (unpaired) electrons. The van der Waals surface area contributed by atoms with Crippen molar-refractivity contribution >= 4 is 12.2 Å². The Balaban J connectivity index is 2.69. The molecule has 13 heavy (non-hydrogen) atoms. The molecule has 4 heteroatoms. The van der Waals surface area contributed by atoms with Crippen molar-refractivity contribution in [3.05, 3.63) is 10.6 Å². The standard InChI is InChI=1S/C9H17N3S/c1-3-5-7(6-4-2)8-10-9(13)12-11-8/h7H,3-6H2,1-2H3,(H2,10,11,12,13). The molecule has 0 fully saturated rings. The van der Waals surface area contributed by atoms with Gasteiger partial charge in [0.25, 0.3) is 0 Å². The molecule has 0 aliphatic heterocycles. The molecule has 0 saturated heterocycles. The van der Waals surface area contributed by atoms with E-state index < -0.39 is 0 Å². The van der Waals surface area contributed by atoms with Crippen LogP contribution in [-0.4, -0.2) is 15.2 Å². The van der Waals surface area contributed by atoms with Crippen LogP contribution in [-0.2, 0) is 0 Å². The van der Waals surface area contributed by atoms with Crippen molar-refractivity contribution in [1.82, 2.24) is 15.2 Å². The second kappa shape index (κ2) is 5.17. The maximum absolute atomic E-state index is 4.92. The minimum Gasteiger partial charge on any atom is -0.285 e. The number of rotatable bonds is 5. The van der Waals surface area contributed by atoms with Gasteiger partial charge in [-0.15, -0.1) is 0 Å². The summed E-state index contributed by atoms with van der Waals surface area (Å²) in [5, 5.41) is 5.88. The Labute approximate surface area is 84.0 Å². The van der Waals surface area contributed by atoms with Crippen LogP contribution in [0.15, 0.2) is 0 Å². The van der Waals surface area contributed by atoms with Gasteiger partial charge in [-0.25, -0.2) is 4.98 Å². The summed E-state index contributed by atoms with van der Waals surface area (Å²) >= 11 is 4.92. The summed E-state index contributed by atoms with van der Waals surface area (Å²) in [6, 6.07) is 0. The molecular formula is C9H17N3S. The van der Waals surface area contributed by atoms with Gasteiger partial charge < -0.3 is 0 Å². The first kappa shape index (κ1) is 10.4. The molecule has 0 amide bonds. The molecule has 74 valence electrons. The fourth-order valence-electron chi connectivity index (χ4n) is 1.59. The van der Waals surface area contributed by atoms with Crippen molar-refractivity contribution in [3.8, 4) is 0 Å². The van der Waals surface area contributed by atoms with Crippen LogP contribution in [0.5, 0.6) is 0 Å². The average molecular weight is 199 g/mol. The Morgan fingerprint density at radius 2 is 1.85 bits per heavy atom. The lowest BCUT2D eigenvalue weighted by molar-refractivity contribution is 0.535. The van der Waals surface area contributed by atoms with Crippen molar-refractivity contribution in [2.24, 2.45) is 0 Å². The minimum atomic E-state index is 0.544. The predicted molar refractivity (Wildman–Crippen MR) is 56.3 cm³/mol. The largest absolute Gasteiger partial charge is 0.285 e. The highest BCUT2D eigenvalue weighted by atomic mass is 32.1. The fourth-order valence-corrected chi connectivity index (χ4v) is 1.74.